The SMILES string of the molecule is Cc1ccc(=O)n(CC(=O)N2CCN(c3ccccc3C)CC2C)n1. The van der Waals surface area contributed by atoms with Gasteiger partial charge >= 0.3 is 0 Å². The molecular weight excluding hydrogens is 316 g/mol. The van der Waals surface area contributed by atoms with Gasteiger partial charge in [-0.15, -0.1) is 0 Å². The van der Waals surface area contributed by atoms with Gasteiger partial charge < -0.3 is 9.80 Å². The molecule has 0 N–H and O–H groups in total. The lowest BCUT2D eigenvalue weighted by atomic mass is 10.1. The van der Waals surface area contributed by atoms with Gasteiger partial charge in [0.1, 0.15) is 6.54 Å². The summed E-state index contributed by atoms with van der Waals surface area (Å²) in [6.45, 7) is 8.18. The minimum atomic E-state index is -0.245. The van der Waals surface area contributed by atoms with Crippen molar-refractivity contribution in [1.82, 2.24) is 14.7 Å². The Balaban J connectivity index is 1.69. The van der Waals surface area contributed by atoms with Crippen molar-refractivity contribution >= 4 is 11.6 Å². The molecule has 1 aliphatic heterocycles. The van der Waals surface area contributed by atoms with E-state index < -0.39 is 0 Å². The first kappa shape index (κ1) is 17.2. The van der Waals surface area contributed by atoms with Crippen molar-refractivity contribution in [3.63, 3.8) is 0 Å². The number of aromatic nitrogens is 2. The Morgan fingerprint density at radius 3 is 2.64 bits per heavy atom. The molecule has 3 rings (SSSR count). The number of amides is 1. The van der Waals surface area contributed by atoms with Gasteiger partial charge in [-0.05, 0) is 38.5 Å². The van der Waals surface area contributed by atoms with E-state index in [0.717, 1.165) is 18.8 Å². The van der Waals surface area contributed by atoms with Crippen LogP contribution in [0.25, 0.3) is 0 Å². The van der Waals surface area contributed by atoms with E-state index in [1.54, 1.807) is 6.07 Å². The quantitative estimate of drug-likeness (QED) is 0.852. The van der Waals surface area contributed by atoms with Crippen molar-refractivity contribution in [3.8, 4) is 0 Å². The number of carbonyl (C=O) groups is 1. The second-order valence-electron chi connectivity index (χ2n) is 6.64. The summed E-state index contributed by atoms with van der Waals surface area (Å²) in [5.74, 6) is -0.0582. The van der Waals surface area contributed by atoms with E-state index >= 15 is 0 Å². The summed E-state index contributed by atoms with van der Waals surface area (Å²) >= 11 is 0. The van der Waals surface area contributed by atoms with E-state index in [-0.39, 0.29) is 24.1 Å². The summed E-state index contributed by atoms with van der Waals surface area (Å²) in [6, 6.07) is 11.5. The lowest BCUT2D eigenvalue weighted by Gasteiger charge is -2.41. The molecule has 2 heterocycles. The smallest absolute Gasteiger partial charge is 0.267 e. The summed E-state index contributed by atoms with van der Waals surface area (Å²) < 4.78 is 1.25. The molecule has 1 unspecified atom stereocenters. The molecule has 1 aromatic carbocycles. The van der Waals surface area contributed by atoms with Gasteiger partial charge in [-0.25, -0.2) is 4.68 Å². The van der Waals surface area contributed by atoms with Crippen LogP contribution in [0.5, 0.6) is 0 Å². The molecule has 0 saturated carbocycles. The predicted molar refractivity (Wildman–Crippen MR) is 97.8 cm³/mol. The molecule has 0 spiro atoms. The number of piperazine rings is 1. The number of anilines is 1. The Labute approximate surface area is 147 Å². The van der Waals surface area contributed by atoms with Crippen molar-refractivity contribution in [3.05, 3.63) is 58.0 Å². The van der Waals surface area contributed by atoms with E-state index in [0.29, 0.717) is 6.54 Å². The minimum absolute atomic E-state index is 0.00474. The van der Waals surface area contributed by atoms with Gasteiger partial charge in [-0.3, -0.25) is 9.59 Å². The fourth-order valence-corrected chi connectivity index (χ4v) is 3.35. The molecular formula is C19H24N4O2. The highest BCUT2D eigenvalue weighted by atomic mass is 16.2. The van der Waals surface area contributed by atoms with Gasteiger partial charge in [-0.2, -0.15) is 5.10 Å². The van der Waals surface area contributed by atoms with Gasteiger partial charge in [0, 0.05) is 37.4 Å². The van der Waals surface area contributed by atoms with Crippen molar-refractivity contribution in [2.45, 2.75) is 33.4 Å². The average molecular weight is 340 g/mol. The minimum Gasteiger partial charge on any atom is -0.367 e. The molecule has 6 nitrogen and oxygen atoms in total. The third-order valence-corrected chi connectivity index (χ3v) is 4.69. The maximum atomic E-state index is 12.7. The molecule has 6 heteroatoms. The molecule has 0 aliphatic carbocycles. The third-order valence-electron chi connectivity index (χ3n) is 4.69. The zero-order valence-corrected chi connectivity index (χ0v) is 15.0. The number of para-hydroxylation sites is 1. The van der Waals surface area contributed by atoms with E-state index in [1.807, 2.05) is 24.0 Å². The normalized spacial score (nSPS) is 17.6. The molecule has 0 radical (unpaired) electrons. The molecule has 1 saturated heterocycles. The fourth-order valence-electron chi connectivity index (χ4n) is 3.35. The molecule has 1 atom stereocenters. The number of benzene rings is 1. The van der Waals surface area contributed by atoms with Crippen LogP contribution in [0.2, 0.25) is 0 Å². The van der Waals surface area contributed by atoms with Gasteiger partial charge in [-0.1, -0.05) is 18.2 Å². The van der Waals surface area contributed by atoms with Crippen LogP contribution in [-0.2, 0) is 11.3 Å². The van der Waals surface area contributed by atoms with Crippen molar-refractivity contribution in [1.29, 1.82) is 0 Å². The van der Waals surface area contributed by atoms with Crippen LogP contribution in [0.4, 0.5) is 5.69 Å². The zero-order chi connectivity index (χ0) is 18.0. The lowest BCUT2D eigenvalue weighted by Crippen LogP contribution is -2.55. The summed E-state index contributed by atoms with van der Waals surface area (Å²) in [5.41, 5.74) is 2.94. The molecule has 132 valence electrons. The lowest BCUT2D eigenvalue weighted by molar-refractivity contribution is -0.134. The number of carbonyl (C=O) groups excluding carboxylic acids is 1. The topological polar surface area (TPSA) is 58.4 Å². The van der Waals surface area contributed by atoms with Crippen LogP contribution in [0.3, 0.4) is 0 Å². The van der Waals surface area contributed by atoms with Crippen molar-refractivity contribution < 1.29 is 4.79 Å². The summed E-state index contributed by atoms with van der Waals surface area (Å²) in [6.07, 6.45) is 0. The number of hydrogen-bond acceptors (Lipinski definition) is 4. The molecule has 1 fully saturated rings. The third kappa shape index (κ3) is 3.73. The van der Waals surface area contributed by atoms with Crippen molar-refractivity contribution in [2.24, 2.45) is 0 Å². The Morgan fingerprint density at radius 1 is 1.16 bits per heavy atom. The molecule has 1 aliphatic rings. The number of hydrogen-bond donors (Lipinski definition) is 0. The maximum Gasteiger partial charge on any atom is 0.267 e. The highest BCUT2D eigenvalue weighted by molar-refractivity contribution is 5.76. The fraction of sp³-hybridized carbons (Fsp3) is 0.421. The van der Waals surface area contributed by atoms with E-state index in [2.05, 4.69) is 36.0 Å². The van der Waals surface area contributed by atoms with Crippen LogP contribution in [0.15, 0.2) is 41.2 Å². The largest absolute Gasteiger partial charge is 0.367 e. The highest BCUT2D eigenvalue weighted by Crippen LogP contribution is 2.22. The Bertz CT molecular complexity index is 830. The standard InChI is InChI=1S/C19H24N4O2/c1-14-6-4-5-7-17(14)21-10-11-22(16(3)12-21)19(25)13-23-18(24)9-8-15(2)20-23/h4-9,16H,10-13H2,1-3H3. The van der Waals surface area contributed by atoms with Gasteiger partial charge in [0.2, 0.25) is 5.91 Å². The molecule has 25 heavy (non-hydrogen) atoms. The second kappa shape index (κ2) is 7.09. The van der Waals surface area contributed by atoms with Crippen LogP contribution < -0.4 is 10.5 Å². The molecule has 0 bridgehead atoms. The van der Waals surface area contributed by atoms with Gasteiger partial charge in [0.05, 0.1) is 5.69 Å². The Morgan fingerprint density at radius 2 is 1.92 bits per heavy atom. The summed E-state index contributed by atoms with van der Waals surface area (Å²) in [7, 11) is 0. The average Bonchev–Trinajstić information content (AvgIpc) is 2.58. The first-order valence-corrected chi connectivity index (χ1v) is 8.60. The maximum absolute atomic E-state index is 12.7. The number of rotatable bonds is 3. The number of aryl methyl sites for hydroxylation is 2. The molecule has 2 aromatic rings. The van der Waals surface area contributed by atoms with Crippen molar-refractivity contribution in [2.75, 3.05) is 24.5 Å². The predicted octanol–water partition coefficient (Wildman–Crippen LogP) is 1.60. The summed E-state index contributed by atoms with van der Waals surface area (Å²) in [4.78, 5) is 28.7. The van der Waals surface area contributed by atoms with E-state index in [9.17, 15) is 9.59 Å². The monoisotopic (exact) mass is 340 g/mol. The molecule has 1 amide bonds. The van der Waals surface area contributed by atoms with Crippen LogP contribution >= 0.6 is 0 Å². The molecule has 1 aromatic heterocycles. The summed E-state index contributed by atoms with van der Waals surface area (Å²) in [5, 5.41) is 4.15. The first-order valence-electron chi connectivity index (χ1n) is 8.60. The van der Waals surface area contributed by atoms with Crippen LogP contribution in [0.1, 0.15) is 18.2 Å². The Hall–Kier alpha value is -2.63. The number of nitrogens with zero attached hydrogens (tertiary/aromatic N) is 4. The van der Waals surface area contributed by atoms with E-state index in [4.69, 9.17) is 0 Å². The van der Waals surface area contributed by atoms with E-state index in [1.165, 1.54) is 22.0 Å². The van der Waals surface area contributed by atoms with Crippen LogP contribution in [-0.4, -0.2) is 46.3 Å². The van der Waals surface area contributed by atoms with Crippen LogP contribution in [0, 0.1) is 13.8 Å². The Kier molecular flexibility index (Phi) is 4.88. The highest BCUT2D eigenvalue weighted by Gasteiger charge is 2.28. The zero-order valence-electron chi connectivity index (χ0n) is 15.0. The van der Waals surface area contributed by atoms with Gasteiger partial charge in [0.25, 0.3) is 5.56 Å². The van der Waals surface area contributed by atoms with Gasteiger partial charge in [0.15, 0.2) is 0 Å². The first-order chi connectivity index (χ1) is 12.0. The second-order valence-corrected chi connectivity index (χ2v) is 6.64.